The van der Waals surface area contributed by atoms with Gasteiger partial charge in [0.05, 0.1) is 23.9 Å². The van der Waals surface area contributed by atoms with E-state index in [0.717, 1.165) is 85.9 Å². The van der Waals surface area contributed by atoms with Gasteiger partial charge in [-0.15, -0.1) is 0 Å². The fourth-order valence-electron chi connectivity index (χ4n) is 9.85. The molecule has 3 aromatic carbocycles. The van der Waals surface area contributed by atoms with Crippen molar-refractivity contribution in [1.29, 1.82) is 0 Å². The molecule has 6 heterocycles. The number of hydrogen-bond donors (Lipinski definition) is 3. The number of hydrogen-bond acceptors (Lipinski definition) is 13. The molecule has 0 radical (unpaired) electrons. The van der Waals surface area contributed by atoms with Gasteiger partial charge in [0.1, 0.15) is 18.1 Å². The lowest BCUT2D eigenvalue weighted by Gasteiger charge is -2.39. The minimum absolute atomic E-state index is 0.0274. The summed E-state index contributed by atoms with van der Waals surface area (Å²) in [7, 11) is 0. The normalized spacial score (nSPS) is 21.4. The van der Waals surface area contributed by atoms with Gasteiger partial charge in [0.2, 0.25) is 17.7 Å². The summed E-state index contributed by atoms with van der Waals surface area (Å²) in [6, 6.07) is 22.0. The third-order valence-electron chi connectivity index (χ3n) is 13.6. The van der Waals surface area contributed by atoms with Crippen molar-refractivity contribution >= 4 is 63.8 Å². The molecule has 66 heavy (non-hydrogen) atoms. The highest BCUT2D eigenvalue weighted by atomic mass is 16.5. The minimum atomic E-state index is -1.08. The maximum absolute atomic E-state index is 13.4. The molecule has 18 heteroatoms. The molecule has 3 N–H and O–H groups in total. The zero-order chi connectivity index (χ0) is 45.3. The highest BCUT2D eigenvalue weighted by Crippen LogP contribution is 2.36. The monoisotopic (exact) mass is 893 g/mol. The summed E-state index contributed by atoms with van der Waals surface area (Å²) in [5.41, 5.74) is 4.67. The Morgan fingerprint density at radius 1 is 0.803 bits per heavy atom. The van der Waals surface area contributed by atoms with Gasteiger partial charge in [0.25, 0.3) is 17.7 Å². The van der Waals surface area contributed by atoms with Crippen LogP contribution in [0.15, 0.2) is 85.5 Å². The summed E-state index contributed by atoms with van der Waals surface area (Å²) in [6.45, 7) is 5.62. The number of likely N-dealkylation sites (tertiary alicyclic amines) is 1. The Kier molecular flexibility index (Phi) is 11.9. The number of nitrogens with one attached hydrogen (secondary N) is 3. The molecule has 4 fully saturated rings. The first kappa shape index (κ1) is 42.7. The average Bonchev–Trinajstić information content (AvgIpc) is 3.86. The number of anilines is 3. The number of amides is 6. The number of benzene rings is 3. The number of carbonyl (C=O) groups is 6. The number of ether oxygens (including phenoxy) is 1. The first-order valence-corrected chi connectivity index (χ1v) is 22.8. The van der Waals surface area contributed by atoms with E-state index in [1.807, 2.05) is 36.7 Å². The first-order chi connectivity index (χ1) is 32.1. The van der Waals surface area contributed by atoms with Gasteiger partial charge in [0.15, 0.2) is 23.6 Å². The van der Waals surface area contributed by atoms with Gasteiger partial charge in [-0.05, 0) is 80.0 Å². The van der Waals surface area contributed by atoms with Crippen molar-refractivity contribution in [2.24, 2.45) is 5.92 Å². The quantitative estimate of drug-likeness (QED) is 0.145. The van der Waals surface area contributed by atoms with Gasteiger partial charge in [-0.3, -0.25) is 43.9 Å². The van der Waals surface area contributed by atoms with Gasteiger partial charge in [-0.2, -0.15) is 0 Å². The SMILES string of the molecule is O=C1CC[C@H](N2C(=O)c3cccc(OCC(=O)N4CCC(CN5CCN(c6ccc(Nc7ncnc8c7ncn8C7CC(NC(=O)Cc8ccccc8)C7)cc6)CC5)CC4)c3C2=O)C(=O)N1. The number of nitrogens with zero attached hydrogens (tertiary/aromatic N) is 8. The van der Waals surface area contributed by atoms with E-state index in [1.54, 1.807) is 23.4 Å². The lowest BCUT2D eigenvalue weighted by molar-refractivity contribution is -0.136. The Morgan fingerprint density at radius 2 is 1.58 bits per heavy atom. The van der Waals surface area contributed by atoms with Gasteiger partial charge >= 0.3 is 0 Å². The van der Waals surface area contributed by atoms with Crippen LogP contribution in [0.25, 0.3) is 11.2 Å². The molecule has 4 aliphatic heterocycles. The maximum Gasteiger partial charge on any atom is 0.266 e. The number of carbonyl (C=O) groups excluding carboxylic acids is 6. The summed E-state index contributed by atoms with van der Waals surface area (Å²) in [4.78, 5) is 97.9. The second-order valence-corrected chi connectivity index (χ2v) is 17.8. The third kappa shape index (κ3) is 8.79. The lowest BCUT2D eigenvalue weighted by Crippen LogP contribution is -2.54. The predicted molar refractivity (Wildman–Crippen MR) is 242 cm³/mol. The van der Waals surface area contributed by atoms with Gasteiger partial charge in [0, 0.05) is 75.7 Å². The molecule has 1 atom stereocenters. The molecule has 3 saturated heterocycles. The summed E-state index contributed by atoms with van der Waals surface area (Å²) in [5, 5.41) is 8.80. The Morgan fingerprint density at radius 3 is 2.33 bits per heavy atom. The molecule has 0 unspecified atom stereocenters. The highest BCUT2D eigenvalue weighted by molar-refractivity contribution is 6.24. The van der Waals surface area contributed by atoms with E-state index < -0.39 is 29.7 Å². The van der Waals surface area contributed by atoms with Gasteiger partial charge in [-0.1, -0.05) is 36.4 Å². The van der Waals surface area contributed by atoms with Crippen LogP contribution >= 0.6 is 0 Å². The standard InChI is InChI=1S/C48H51N11O7/c60-39-14-13-37(46(63)54-39)59-47(64)36-7-4-8-38(42(36)48(59)65)66-27-41(62)57-17-15-31(16-18-57)26-55-19-21-56(22-20-55)34-11-9-32(10-12-34)53-44-43-45(50-28-49-44)58(29-51-43)35-24-33(25-35)52-40(61)23-30-5-2-1-3-6-30/h1-12,28-29,31,33,35,37H,13-27H2,(H,52,61)(H,49,50,53)(H,54,60,63)/t33?,35?,37-/m0/s1. The molecule has 0 bridgehead atoms. The number of imide groups is 2. The summed E-state index contributed by atoms with van der Waals surface area (Å²) < 4.78 is 7.95. The Hall–Kier alpha value is -7.21. The molecule has 5 aromatic rings. The summed E-state index contributed by atoms with van der Waals surface area (Å²) in [6.07, 6.45) is 7.24. The van der Waals surface area contributed by atoms with Crippen LogP contribution in [-0.4, -0.2) is 134 Å². The van der Waals surface area contributed by atoms with Crippen LogP contribution in [0.1, 0.15) is 70.8 Å². The van der Waals surface area contributed by atoms with Crippen LogP contribution in [-0.2, 0) is 25.6 Å². The number of aromatic nitrogens is 4. The Bertz CT molecular complexity index is 2670. The molecular formula is C48H51N11O7. The van der Waals surface area contributed by atoms with Crippen molar-refractivity contribution in [3.05, 3.63) is 102 Å². The summed E-state index contributed by atoms with van der Waals surface area (Å²) in [5.74, 6) is -1.35. The van der Waals surface area contributed by atoms with E-state index in [4.69, 9.17) is 4.74 Å². The van der Waals surface area contributed by atoms with Gasteiger partial charge < -0.3 is 29.7 Å². The fourth-order valence-corrected chi connectivity index (χ4v) is 9.85. The van der Waals surface area contributed by atoms with E-state index in [0.29, 0.717) is 36.8 Å². The Labute approximate surface area is 380 Å². The molecule has 5 aliphatic rings. The van der Waals surface area contributed by atoms with Crippen LogP contribution in [0.2, 0.25) is 0 Å². The average molecular weight is 894 g/mol. The van der Waals surface area contributed by atoms with Gasteiger partial charge in [-0.25, -0.2) is 15.0 Å². The molecule has 18 nitrogen and oxygen atoms in total. The number of piperazine rings is 1. The Balaban J connectivity index is 0.652. The number of fused-ring (bicyclic) bond motifs is 2. The van der Waals surface area contributed by atoms with Crippen LogP contribution < -0.4 is 25.6 Å². The topological polar surface area (TPSA) is 204 Å². The van der Waals surface area contributed by atoms with E-state index in [2.05, 4.69) is 69.5 Å². The van der Waals surface area contributed by atoms with Crippen molar-refractivity contribution in [2.75, 3.05) is 62.6 Å². The molecule has 10 rings (SSSR count). The minimum Gasteiger partial charge on any atom is -0.483 e. The van der Waals surface area contributed by atoms with E-state index in [-0.39, 0.29) is 60.2 Å². The van der Waals surface area contributed by atoms with Crippen LogP contribution in [0.5, 0.6) is 5.75 Å². The van der Waals surface area contributed by atoms with Crippen molar-refractivity contribution in [1.82, 2.24) is 44.9 Å². The van der Waals surface area contributed by atoms with E-state index in [1.165, 1.54) is 6.07 Å². The number of imidazole rings is 1. The molecular weight excluding hydrogens is 843 g/mol. The van der Waals surface area contributed by atoms with Crippen LogP contribution in [0.3, 0.4) is 0 Å². The smallest absolute Gasteiger partial charge is 0.266 e. The molecule has 0 spiro atoms. The second kappa shape index (κ2) is 18.3. The van der Waals surface area contributed by atoms with E-state index in [9.17, 15) is 28.8 Å². The molecule has 340 valence electrons. The maximum atomic E-state index is 13.4. The largest absolute Gasteiger partial charge is 0.483 e. The van der Waals surface area contributed by atoms with Crippen molar-refractivity contribution in [3.63, 3.8) is 0 Å². The molecule has 2 aromatic heterocycles. The first-order valence-electron chi connectivity index (χ1n) is 22.8. The fraction of sp³-hybridized carbons (Fsp3) is 0.396. The third-order valence-corrected chi connectivity index (χ3v) is 13.6. The van der Waals surface area contributed by atoms with Crippen molar-refractivity contribution < 1.29 is 33.5 Å². The predicted octanol–water partition coefficient (Wildman–Crippen LogP) is 3.47. The van der Waals surface area contributed by atoms with E-state index >= 15 is 0 Å². The van der Waals surface area contributed by atoms with Crippen molar-refractivity contribution in [2.45, 2.75) is 63.1 Å². The molecule has 1 saturated carbocycles. The van der Waals surface area contributed by atoms with Crippen molar-refractivity contribution in [3.8, 4) is 5.75 Å². The second-order valence-electron chi connectivity index (χ2n) is 17.8. The van der Waals surface area contributed by atoms with Crippen LogP contribution in [0.4, 0.5) is 17.2 Å². The zero-order valence-electron chi connectivity index (χ0n) is 36.4. The number of piperidine rings is 2. The highest BCUT2D eigenvalue weighted by Gasteiger charge is 2.46. The zero-order valence-corrected chi connectivity index (χ0v) is 36.4. The number of rotatable bonds is 13. The molecule has 1 aliphatic carbocycles. The van der Waals surface area contributed by atoms with Crippen LogP contribution in [0, 0.1) is 5.92 Å². The summed E-state index contributed by atoms with van der Waals surface area (Å²) >= 11 is 0. The lowest BCUT2D eigenvalue weighted by atomic mass is 9.86. The molecule has 6 amide bonds.